The van der Waals surface area contributed by atoms with E-state index in [0.29, 0.717) is 11.4 Å². The summed E-state index contributed by atoms with van der Waals surface area (Å²) in [6.45, 7) is 0.0533. The Morgan fingerprint density at radius 1 is 1.57 bits per heavy atom. The number of thiocyanates is 1. The molecule has 0 radical (unpaired) electrons. The quantitative estimate of drug-likeness (QED) is 0.560. The first-order chi connectivity index (χ1) is 6.79. The van der Waals surface area contributed by atoms with Crippen LogP contribution in [0.4, 0.5) is 5.69 Å². The molecular formula is C9H6N2O2S. The highest BCUT2D eigenvalue weighted by Crippen LogP contribution is 2.31. The molecule has 5 heteroatoms. The maximum absolute atomic E-state index is 11.0. The van der Waals surface area contributed by atoms with Crippen molar-refractivity contribution in [3.63, 3.8) is 0 Å². The van der Waals surface area contributed by atoms with Crippen molar-refractivity contribution in [2.75, 3.05) is 11.9 Å². The van der Waals surface area contributed by atoms with Gasteiger partial charge in [-0.25, -0.2) is 0 Å². The van der Waals surface area contributed by atoms with E-state index in [1.165, 1.54) is 0 Å². The predicted molar refractivity (Wildman–Crippen MR) is 52.0 cm³/mol. The molecular weight excluding hydrogens is 200 g/mol. The second-order valence-corrected chi connectivity index (χ2v) is 3.55. The van der Waals surface area contributed by atoms with E-state index >= 15 is 0 Å². The molecule has 2 rings (SSSR count). The minimum Gasteiger partial charge on any atom is -0.482 e. The van der Waals surface area contributed by atoms with Crippen LogP contribution in [0, 0.1) is 10.7 Å². The van der Waals surface area contributed by atoms with E-state index < -0.39 is 0 Å². The summed E-state index contributed by atoms with van der Waals surface area (Å²) in [4.78, 5) is 11.8. The topological polar surface area (TPSA) is 62.1 Å². The molecule has 70 valence electrons. The third-order valence-electron chi connectivity index (χ3n) is 1.75. The van der Waals surface area contributed by atoms with Gasteiger partial charge >= 0.3 is 0 Å². The molecule has 0 aromatic heterocycles. The minimum atomic E-state index is -0.170. The van der Waals surface area contributed by atoms with Crippen LogP contribution in [0.5, 0.6) is 5.75 Å². The van der Waals surface area contributed by atoms with Crippen molar-refractivity contribution in [3.8, 4) is 11.2 Å². The average molecular weight is 206 g/mol. The molecule has 14 heavy (non-hydrogen) atoms. The number of anilines is 1. The lowest BCUT2D eigenvalue weighted by molar-refractivity contribution is -0.118. The number of nitrogens with one attached hydrogen (secondary N) is 1. The highest BCUT2D eigenvalue weighted by atomic mass is 32.2. The molecule has 0 saturated carbocycles. The molecule has 0 saturated heterocycles. The first kappa shape index (κ1) is 8.91. The van der Waals surface area contributed by atoms with Crippen molar-refractivity contribution in [3.05, 3.63) is 18.2 Å². The Hall–Kier alpha value is -1.67. The fourth-order valence-electron chi connectivity index (χ4n) is 1.18. The zero-order valence-electron chi connectivity index (χ0n) is 7.11. The van der Waals surface area contributed by atoms with Crippen molar-refractivity contribution in [1.29, 1.82) is 5.26 Å². The summed E-state index contributed by atoms with van der Waals surface area (Å²) in [5.41, 5.74) is 0.626. The van der Waals surface area contributed by atoms with Gasteiger partial charge in [-0.2, -0.15) is 5.26 Å². The Kier molecular flexibility index (Phi) is 2.29. The second kappa shape index (κ2) is 3.60. The van der Waals surface area contributed by atoms with Crippen molar-refractivity contribution < 1.29 is 9.53 Å². The molecule has 1 aliphatic heterocycles. The van der Waals surface area contributed by atoms with Crippen LogP contribution in [0.2, 0.25) is 0 Å². The van der Waals surface area contributed by atoms with Gasteiger partial charge in [0.25, 0.3) is 5.91 Å². The number of fused-ring (bicyclic) bond motifs is 1. The number of hydrogen-bond donors (Lipinski definition) is 1. The monoisotopic (exact) mass is 206 g/mol. The summed E-state index contributed by atoms with van der Waals surface area (Å²) < 4.78 is 5.16. The third-order valence-corrected chi connectivity index (χ3v) is 2.33. The van der Waals surface area contributed by atoms with Crippen LogP contribution in [-0.2, 0) is 4.79 Å². The highest BCUT2D eigenvalue weighted by Gasteiger charge is 2.15. The predicted octanol–water partition coefficient (Wildman–Crippen LogP) is 1.59. The molecule has 0 bridgehead atoms. The Balaban J connectivity index is 2.33. The Morgan fingerprint density at radius 2 is 2.43 bits per heavy atom. The van der Waals surface area contributed by atoms with Gasteiger partial charge in [-0.1, -0.05) is 0 Å². The number of ether oxygens (including phenoxy) is 1. The fourth-order valence-corrected chi connectivity index (χ4v) is 1.60. The number of thioether (sulfide) groups is 1. The van der Waals surface area contributed by atoms with Crippen LogP contribution in [-0.4, -0.2) is 12.5 Å². The van der Waals surface area contributed by atoms with Gasteiger partial charge in [0.2, 0.25) is 0 Å². The van der Waals surface area contributed by atoms with Crippen molar-refractivity contribution in [1.82, 2.24) is 0 Å². The molecule has 0 unspecified atom stereocenters. The molecule has 1 aliphatic rings. The van der Waals surface area contributed by atoms with Gasteiger partial charge in [0.15, 0.2) is 6.61 Å². The first-order valence-corrected chi connectivity index (χ1v) is 4.74. The summed E-state index contributed by atoms with van der Waals surface area (Å²) in [6, 6.07) is 5.25. The lowest BCUT2D eigenvalue weighted by Gasteiger charge is -2.17. The third kappa shape index (κ3) is 1.65. The Bertz CT molecular complexity index is 425. The van der Waals surface area contributed by atoms with Gasteiger partial charge in [-0.05, 0) is 30.0 Å². The maximum atomic E-state index is 11.0. The largest absolute Gasteiger partial charge is 0.482 e. The number of nitrogens with zero attached hydrogens (tertiary/aromatic N) is 1. The lowest BCUT2D eigenvalue weighted by Crippen LogP contribution is -2.25. The molecule has 1 heterocycles. The fraction of sp³-hybridized carbons (Fsp3) is 0.111. The molecule has 0 aliphatic carbocycles. The normalized spacial score (nSPS) is 13.5. The van der Waals surface area contributed by atoms with E-state index in [9.17, 15) is 4.79 Å². The number of amides is 1. The van der Waals surface area contributed by atoms with Crippen LogP contribution in [0.3, 0.4) is 0 Å². The van der Waals surface area contributed by atoms with Crippen LogP contribution in [0.25, 0.3) is 0 Å². The average Bonchev–Trinajstić information content (AvgIpc) is 2.17. The molecule has 1 amide bonds. The Morgan fingerprint density at radius 3 is 3.21 bits per heavy atom. The smallest absolute Gasteiger partial charge is 0.262 e. The van der Waals surface area contributed by atoms with E-state index in [4.69, 9.17) is 10.00 Å². The Labute approximate surface area is 84.9 Å². The van der Waals surface area contributed by atoms with Gasteiger partial charge in [-0.3, -0.25) is 4.79 Å². The van der Waals surface area contributed by atoms with E-state index in [-0.39, 0.29) is 12.5 Å². The van der Waals surface area contributed by atoms with Crippen molar-refractivity contribution in [2.45, 2.75) is 4.90 Å². The molecule has 1 aromatic carbocycles. The number of carbonyl (C=O) groups excluding carboxylic acids is 1. The van der Waals surface area contributed by atoms with Crippen LogP contribution in [0.15, 0.2) is 23.1 Å². The van der Waals surface area contributed by atoms with E-state index in [0.717, 1.165) is 16.7 Å². The van der Waals surface area contributed by atoms with Gasteiger partial charge in [-0.15, -0.1) is 0 Å². The first-order valence-electron chi connectivity index (χ1n) is 3.92. The zero-order chi connectivity index (χ0) is 9.97. The molecule has 4 nitrogen and oxygen atoms in total. The van der Waals surface area contributed by atoms with E-state index in [1.54, 1.807) is 18.2 Å². The van der Waals surface area contributed by atoms with E-state index in [1.807, 2.05) is 5.40 Å². The van der Waals surface area contributed by atoms with Crippen LogP contribution >= 0.6 is 11.8 Å². The number of benzene rings is 1. The summed E-state index contributed by atoms with van der Waals surface area (Å²) in [7, 11) is 0. The van der Waals surface area contributed by atoms with Gasteiger partial charge in [0.1, 0.15) is 11.2 Å². The minimum absolute atomic E-state index is 0.0533. The molecule has 1 N–H and O–H groups in total. The van der Waals surface area contributed by atoms with Gasteiger partial charge in [0.05, 0.1) is 5.69 Å². The SMILES string of the molecule is N#CSc1ccc2c(c1)NC(=O)CO2. The molecule has 0 spiro atoms. The summed E-state index contributed by atoms with van der Waals surface area (Å²) in [5, 5.41) is 13.1. The van der Waals surface area contributed by atoms with Crippen molar-refractivity contribution in [2.24, 2.45) is 0 Å². The van der Waals surface area contributed by atoms with E-state index in [2.05, 4.69) is 5.32 Å². The number of rotatable bonds is 1. The highest BCUT2D eigenvalue weighted by molar-refractivity contribution is 8.03. The lowest BCUT2D eigenvalue weighted by atomic mass is 10.2. The summed E-state index contributed by atoms with van der Waals surface area (Å²) >= 11 is 1.05. The molecule has 0 atom stereocenters. The van der Waals surface area contributed by atoms with Crippen molar-refractivity contribution >= 4 is 23.4 Å². The summed E-state index contributed by atoms with van der Waals surface area (Å²) in [6.07, 6.45) is 0. The maximum Gasteiger partial charge on any atom is 0.262 e. The number of nitriles is 1. The standard InChI is InChI=1S/C9H6N2O2S/c10-5-14-6-1-2-8-7(3-6)11-9(12)4-13-8/h1-3H,4H2,(H,11,12). The number of hydrogen-bond acceptors (Lipinski definition) is 4. The number of carbonyl (C=O) groups is 1. The van der Waals surface area contributed by atoms with Gasteiger partial charge < -0.3 is 10.1 Å². The molecule has 1 aromatic rings. The molecule has 0 fully saturated rings. The summed E-state index contributed by atoms with van der Waals surface area (Å²) in [5.74, 6) is 0.475. The second-order valence-electron chi connectivity index (χ2n) is 2.69. The van der Waals surface area contributed by atoms with Crippen LogP contribution < -0.4 is 10.1 Å². The van der Waals surface area contributed by atoms with Crippen LogP contribution in [0.1, 0.15) is 0 Å². The van der Waals surface area contributed by atoms with Gasteiger partial charge in [0, 0.05) is 4.90 Å². The zero-order valence-corrected chi connectivity index (χ0v) is 7.93.